The van der Waals surface area contributed by atoms with E-state index in [0.29, 0.717) is 26.7 Å². The second-order valence-electron chi connectivity index (χ2n) is 11.6. The van der Waals surface area contributed by atoms with E-state index in [4.69, 9.17) is 19.8 Å². The van der Waals surface area contributed by atoms with Gasteiger partial charge in [0.25, 0.3) is 5.56 Å². The number of fused-ring (bicyclic) bond motifs is 1. The molecule has 1 fully saturated rings. The zero-order chi connectivity index (χ0) is 33.6. The molecule has 0 saturated carbocycles. The van der Waals surface area contributed by atoms with Crippen molar-refractivity contribution in [1.82, 2.24) is 29.4 Å². The zero-order valence-electron chi connectivity index (χ0n) is 26.4. The highest BCUT2D eigenvalue weighted by atomic mass is 32.1. The van der Waals surface area contributed by atoms with Crippen LogP contribution in [0.4, 0.5) is 4.39 Å². The number of halogens is 1. The van der Waals surface area contributed by atoms with Crippen molar-refractivity contribution in [1.29, 1.82) is 5.26 Å². The maximum absolute atomic E-state index is 14.1. The standard InChI is InChI=1S/C26H28FN7O4S.C5H10O2/c1-15(2)31-24(36)26(4,5)33-21(35)20-16(3)22(34-29-10-11-30-34)39-23(20)32(25(33)37)12-8-17-14-18(27)6-7-19(17)38-13-9-28;6-5-1-3-7-4-2-5/h6-7,10-11,14-15H,8,12-13H2,1-5H3,(H,31,36);5-6H,1-4H2. The number of benzene rings is 1. The molecule has 13 nitrogen and oxygen atoms in total. The number of hydrogen-bond donors (Lipinski definition) is 2. The average Bonchev–Trinajstić information content (AvgIpc) is 3.65. The van der Waals surface area contributed by atoms with Gasteiger partial charge in [0.05, 0.1) is 23.9 Å². The van der Waals surface area contributed by atoms with Crippen LogP contribution in [-0.4, -0.2) is 67.1 Å². The molecule has 0 spiro atoms. The number of aliphatic hydroxyl groups is 1. The molecule has 0 unspecified atom stereocenters. The molecule has 246 valence electrons. The topological polar surface area (TPSA) is 166 Å². The Morgan fingerprint density at radius 2 is 1.93 bits per heavy atom. The molecule has 4 heterocycles. The van der Waals surface area contributed by atoms with Gasteiger partial charge in [-0.2, -0.15) is 15.5 Å². The number of aromatic nitrogens is 5. The molecule has 0 bridgehead atoms. The van der Waals surface area contributed by atoms with Crippen LogP contribution in [0.2, 0.25) is 0 Å². The first-order valence-corrected chi connectivity index (χ1v) is 15.7. The van der Waals surface area contributed by atoms with Gasteiger partial charge in [0.1, 0.15) is 33.0 Å². The van der Waals surface area contributed by atoms with Gasteiger partial charge in [-0.3, -0.25) is 14.2 Å². The number of nitrogens with one attached hydrogen (secondary N) is 1. The van der Waals surface area contributed by atoms with E-state index < -0.39 is 28.5 Å². The minimum Gasteiger partial charge on any atom is -0.478 e. The molecule has 1 saturated heterocycles. The SMILES string of the molecule is Cc1c(-n2nccn2)sc2c1c(=O)n(C(C)(C)C(=O)NC(C)C)c(=O)n2CCc1cc(F)ccc1OCC#N.OC1CCOCC1. The monoisotopic (exact) mass is 655 g/mol. The maximum atomic E-state index is 14.1. The van der Waals surface area contributed by atoms with E-state index in [9.17, 15) is 18.8 Å². The summed E-state index contributed by atoms with van der Waals surface area (Å²) in [6, 6.07) is 5.61. The molecule has 0 atom stereocenters. The third-order valence-corrected chi connectivity index (χ3v) is 8.71. The van der Waals surface area contributed by atoms with Crippen LogP contribution in [-0.2, 0) is 28.0 Å². The fraction of sp³-hybridized carbons (Fsp3) is 0.484. The van der Waals surface area contributed by atoms with Crippen molar-refractivity contribution in [3.8, 4) is 16.8 Å². The van der Waals surface area contributed by atoms with Gasteiger partial charge in [0.15, 0.2) is 6.61 Å². The normalized spacial score (nSPS) is 13.7. The van der Waals surface area contributed by atoms with Gasteiger partial charge in [0.2, 0.25) is 5.91 Å². The summed E-state index contributed by atoms with van der Waals surface area (Å²) >= 11 is 1.17. The lowest BCUT2D eigenvalue weighted by Gasteiger charge is -2.27. The molecule has 1 aliphatic heterocycles. The molecule has 2 N–H and O–H groups in total. The summed E-state index contributed by atoms with van der Waals surface area (Å²) in [4.78, 5) is 42.7. The van der Waals surface area contributed by atoms with Crippen LogP contribution in [0.15, 0.2) is 40.2 Å². The molecule has 1 aliphatic rings. The predicted molar refractivity (Wildman–Crippen MR) is 170 cm³/mol. The van der Waals surface area contributed by atoms with Crippen LogP contribution in [0, 0.1) is 24.1 Å². The van der Waals surface area contributed by atoms with Crippen LogP contribution >= 0.6 is 11.3 Å². The number of aryl methyl sites for hydroxylation is 3. The zero-order valence-corrected chi connectivity index (χ0v) is 27.3. The van der Waals surface area contributed by atoms with E-state index in [2.05, 4.69) is 15.5 Å². The molecule has 1 aromatic carbocycles. The molecular weight excluding hydrogens is 617 g/mol. The van der Waals surface area contributed by atoms with Crippen molar-refractivity contribution in [3.63, 3.8) is 0 Å². The van der Waals surface area contributed by atoms with E-state index in [-0.39, 0.29) is 37.1 Å². The van der Waals surface area contributed by atoms with Gasteiger partial charge in [-0.1, -0.05) is 11.3 Å². The van der Waals surface area contributed by atoms with Crippen molar-refractivity contribution in [2.75, 3.05) is 19.8 Å². The molecule has 5 rings (SSSR count). The Labute approximate surface area is 268 Å². The number of thiophene rings is 1. The minimum atomic E-state index is -1.52. The van der Waals surface area contributed by atoms with E-state index in [1.165, 1.54) is 65.1 Å². The number of nitrogens with zero attached hydrogens (tertiary/aromatic N) is 6. The van der Waals surface area contributed by atoms with E-state index in [0.717, 1.165) is 30.6 Å². The lowest BCUT2D eigenvalue weighted by molar-refractivity contribution is -0.129. The van der Waals surface area contributed by atoms with Crippen LogP contribution in [0.3, 0.4) is 0 Å². The Hall–Kier alpha value is -4.39. The lowest BCUT2D eigenvalue weighted by atomic mass is 10.0. The number of hydrogen-bond acceptors (Lipinski definition) is 10. The third-order valence-electron chi connectivity index (χ3n) is 7.43. The summed E-state index contributed by atoms with van der Waals surface area (Å²) < 4.78 is 26.9. The van der Waals surface area contributed by atoms with E-state index in [1.807, 2.05) is 6.07 Å². The largest absolute Gasteiger partial charge is 0.478 e. The predicted octanol–water partition coefficient (Wildman–Crippen LogP) is 2.82. The fourth-order valence-electron chi connectivity index (χ4n) is 4.99. The van der Waals surface area contributed by atoms with Crippen LogP contribution in [0.5, 0.6) is 5.75 Å². The quantitative estimate of drug-likeness (QED) is 0.276. The summed E-state index contributed by atoms with van der Waals surface area (Å²) in [7, 11) is 0. The second-order valence-corrected chi connectivity index (χ2v) is 12.6. The Kier molecular flexibility index (Phi) is 11.1. The minimum absolute atomic E-state index is 0.0375. The number of carbonyl (C=O) groups is 1. The highest BCUT2D eigenvalue weighted by Crippen LogP contribution is 2.31. The Bertz CT molecular complexity index is 1830. The van der Waals surface area contributed by atoms with E-state index >= 15 is 0 Å². The smallest absolute Gasteiger partial charge is 0.333 e. The summed E-state index contributed by atoms with van der Waals surface area (Å²) in [6.45, 7) is 9.63. The number of nitriles is 1. The average molecular weight is 656 g/mol. The Morgan fingerprint density at radius 1 is 1.26 bits per heavy atom. The van der Waals surface area contributed by atoms with E-state index in [1.54, 1.807) is 20.8 Å². The number of aliphatic hydroxyl groups excluding tert-OH is 1. The third kappa shape index (κ3) is 7.52. The Morgan fingerprint density at radius 3 is 2.52 bits per heavy atom. The lowest BCUT2D eigenvalue weighted by Crippen LogP contribution is -2.56. The maximum Gasteiger partial charge on any atom is 0.333 e. The molecule has 3 aromatic heterocycles. The summed E-state index contributed by atoms with van der Waals surface area (Å²) in [5.74, 6) is -0.667. The van der Waals surface area contributed by atoms with Gasteiger partial charge < -0.3 is 19.9 Å². The number of amides is 1. The van der Waals surface area contributed by atoms with Gasteiger partial charge in [0, 0.05) is 31.4 Å². The first kappa shape index (κ1) is 34.5. The van der Waals surface area contributed by atoms with Crippen LogP contribution in [0.1, 0.15) is 51.7 Å². The molecule has 1 amide bonds. The first-order chi connectivity index (χ1) is 21.9. The number of rotatable bonds is 9. The summed E-state index contributed by atoms with van der Waals surface area (Å²) in [5, 5.41) is 29.7. The van der Waals surface area contributed by atoms with Crippen LogP contribution < -0.4 is 21.3 Å². The van der Waals surface area contributed by atoms with Crippen molar-refractivity contribution in [2.24, 2.45) is 0 Å². The highest BCUT2D eigenvalue weighted by Gasteiger charge is 2.35. The van der Waals surface area contributed by atoms with Gasteiger partial charge in [-0.05, 0) is 77.6 Å². The molecule has 0 radical (unpaired) electrons. The second kappa shape index (κ2) is 14.8. The molecule has 15 heteroatoms. The first-order valence-electron chi connectivity index (χ1n) is 14.9. The number of carbonyl (C=O) groups excluding carboxylic acids is 1. The Balaban J connectivity index is 0.000000606. The molecular formula is C31H38FN7O6S. The molecule has 46 heavy (non-hydrogen) atoms. The summed E-state index contributed by atoms with van der Waals surface area (Å²) in [6.07, 6.45) is 4.70. The van der Waals surface area contributed by atoms with Crippen LogP contribution in [0.25, 0.3) is 15.2 Å². The molecule has 0 aliphatic carbocycles. The number of ether oxygens (including phenoxy) is 2. The fourth-order valence-corrected chi connectivity index (χ4v) is 6.22. The van der Waals surface area contributed by atoms with Crippen molar-refractivity contribution < 1.29 is 23.8 Å². The molecule has 4 aromatic rings. The van der Waals surface area contributed by atoms with Crippen molar-refractivity contribution in [2.45, 2.75) is 78.1 Å². The van der Waals surface area contributed by atoms with Gasteiger partial charge in [-0.25, -0.2) is 13.8 Å². The van der Waals surface area contributed by atoms with Crippen molar-refractivity contribution in [3.05, 3.63) is 68.4 Å². The highest BCUT2D eigenvalue weighted by molar-refractivity contribution is 7.21. The van der Waals surface area contributed by atoms with Crippen molar-refractivity contribution >= 4 is 27.5 Å². The van der Waals surface area contributed by atoms with Gasteiger partial charge >= 0.3 is 5.69 Å². The van der Waals surface area contributed by atoms with Gasteiger partial charge in [-0.15, -0.1) is 4.80 Å². The summed E-state index contributed by atoms with van der Waals surface area (Å²) in [5.41, 5.74) is -1.81.